The van der Waals surface area contributed by atoms with Crippen LogP contribution in [0.25, 0.3) is 5.69 Å². The van der Waals surface area contributed by atoms with E-state index in [1.807, 2.05) is 0 Å². The third kappa shape index (κ3) is 7.06. The minimum Gasteiger partial charge on any atom is -0.484 e. The normalized spacial score (nSPS) is 15.5. The highest BCUT2D eigenvalue weighted by Gasteiger charge is 2.33. The Kier molecular flexibility index (Phi) is 8.58. The summed E-state index contributed by atoms with van der Waals surface area (Å²) in [5.41, 5.74) is 3.07. The van der Waals surface area contributed by atoms with Gasteiger partial charge in [0.05, 0.1) is 23.0 Å². The predicted molar refractivity (Wildman–Crippen MR) is 142 cm³/mol. The highest BCUT2D eigenvalue weighted by Crippen LogP contribution is 2.30. The van der Waals surface area contributed by atoms with E-state index in [-0.39, 0.29) is 28.9 Å². The lowest BCUT2D eigenvalue weighted by Crippen LogP contribution is -2.41. The summed E-state index contributed by atoms with van der Waals surface area (Å²) >= 11 is 0. The number of alkyl halides is 3. The number of benzene rings is 2. The van der Waals surface area contributed by atoms with Gasteiger partial charge >= 0.3 is 6.18 Å². The summed E-state index contributed by atoms with van der Waals surface area (Å²) in [4.78, 5) is 25.8. The van der Waals surface area contributed by atoms with Crippen LogP contribution in [0.4, 0.5) is 19.0 Å². The average Bonchev–Trinajstić information content (AvgIpc) is 3.24. The zero-order valence-electron chi connectivity index (χ0n) is 21.7. The van der Waals surface area contributed by atoms with Crippen molar-refractivity contribution in [2.45, 2.75) is 38.4 Å². The Morgan fingerprint density at radius 2 is 2.08 bits per heavy atom. The number of aryl methyl sites for hydroxylation is 2. The van der Waals surface area contributed by atoms with E-state index >= 15 is 0 Å². The molecule has 1 aromatic heterocycles. The third-order valence-corrected chi connectivity index (χ3v) is 6.88. The Balaban J connectivity index is 1.57. The minimum absolute atomic E-state index is 0.106. The lowest BCUT2D eigenvalue weighted by atomic mass is 9.96. The molecule has 2 amide bonds. The maximum Gasteiger partial charge on any atom is 0.422 e. The first-order chi connectivity index (χ1) is 18.9. The van der Waals surface area contributed by atoms with E-state index in [9.17, 15) is 32.2 Å². The molecule has 0 bridgehead atoms. The molecule has 2 aromatic carbocycles. The van der Waals surface area contributed by atoms with Crippen molar-refractivity contribution in [3.63, 3.8) is 0 Å². The second-order valence-electron chi connectivity index (χ2n) is 9.42. The van der Waals surface area contributed by atoms with Crippen molar-refractivity contribution in [1.82, 2.24) is 15.1 Å². The van der Waals surface area contributed by atoms with Gasteiger partial charge in [0.15, 0.2) is 6.61 Å². The van der Waals surface area contributed by atoms with Crippen LogP contribution in [0.2, 0.25) is 0 Å². The highest BCUT2D eigenvalue weighted by molar-refractivity contribution is 7.85. The largest absolute Gasteiger partial charge is 0.484 e. The van der Waals surface area contributed by atoms with Crippen LogP contribution in [-0.2, 0) is 28.4 Å². The van der Waals surface area contributed by atoms with Crippen molar-refractivity contribution in [3.05, 3.63) is 70.4 Å². The molecule has 0 aliphatic carbocycles. The fraction of sp³-hybridized carbons (Fsp3) is 0.333. The molecule has 4 rings (SSSR count). The average molecular weight is 574 g/mol. The number of rotatable bonds is 9. The van der Waals surface area contributed by atoms with Gasteiger partial charge in [0, 0.05) is 29.5 Å². The number of fused-ring (bicyclic) bond motifs is 1. The van der Waals surface area contributed by atoms with Crippen LogP contribution in [0, 0.1) is 18.3 Å². The maximum atomic E-state index is 13.2. The van der Waals surface area contributed by atoms with Gasteiger partial charge < -0.3 is 15.4 Å². The molecular formula is C27H26F3N5O4S. The van der Waals surface area contributed by atoms with E-state index in [4.69, 9.17) is 4.74 Å². The molecule has 0 saturated carbocycles. The molecular weight excluding hydrogens is 547 g/mol. The molecule has 1 aliphatic heterocycles. The molecule has 210 valence electrons. The van der Waals surface area contributed by atoms with Crippen molar-refractivity contribution in [3.8, 4) is 17.5 Å². The van der Waals surface area contributed by atoms with Gasteiger partial charge in [-0.05, 0) is 61.2 Å². The zero-order chi connectivity index (χ0) is 29.0. The first-order valence-corrected chi connectivity index (χ1v) is 14.0. The summed E-state index contributed by atoms with van der Waals surface area (Å²) in [5, 5.41) is 19.5. The van der Waals surface area contributed by atoms with Crippen LogP contribution < -0.4 is 15.4 Å². The Morgan fingerprint density at radius 1 is 1.30 bits per heavy atom. The molecule has 0 fully saturated rings. The number of halogens is 3. The predicted octanol–water partition coefficient (Wildman–Crippen LogP) is 3.60. The van der Waals surface area contributed by atoms with Crippen LogP contribution >= 0.6 is 0 Å². The molecule has 2 atom stereocenters. The fourth-order valence-corrected chi connectivity index (χ4v) is 4.86. The minimum atomic E-state index is -4.44. The lowest BCUT2D eigenvalue weighted by Gasteiger charge is -2.23. The molecule has 3 aromatic rings. The van der Waals surface area contributed by atoms with E-state index in [1.165, 1.54) is 23.1 Å². The van der Waals surface area contributed by atoms with Gasteiger partial charge in [-0.3, -0.25) is 13.8 Å². The third-order valence-electron chi connectivity index (χ3n) is 6.21. The zero-order valence-corrected chi connectivity index (χ0v) is 22.5. The van der Waals surface area contributed by atoms with Gasteiger partial charge in [0.25, 0.3) is 5.91 Å². The van der Waals surface area contributed by atoms with Crippen molar-refractivity contribution in [2.75, 3.05) is 23.9 Å². The van der Waals surface area contributed by atoms with Gasteiger partial charge in [-0.15, -0.1) is 0 Å². The van der Waals surface area contributed by atoms with E-state index < -0.39 is 35.4 Å². The Bertz CT molecular complexity index is 1510. The molecule has 1 aliphatic rings. The van der Waals surface area contributed by atoms with Crippen LogP contribution in [0.1, 0.15) is 39.2 Å². The Labute approximate surface area is 230 Å². The first-order valence-electron chi connectivity index (χ1n) is 12.3. The Morgan fingerprint density at radius 3 is 2.75 bits per heavy atom. The van der Waals surface area contributed by atoms with Crippen molar-refractivity contribution < 1.29 is 31.7 Å². The number of amides is 2. The fourth-order valence-electron chi connectivity index (χ4n) is 4.42. The van der Waals surface area contributed by atoms with Gasteiger partial charge in [-0.25, -0.2) is 4.68 Å². The second-order valence-corrected chi connectivity index (χ2v) is 10.9. The van der Waals surface area contributed by atoms with Gasteiger partial charge in [0.1, 0.15) is 22.9 Å². The molecule has 40 heavy (non-hydrogen) atoms. The summed E-state index contributed by atoms with van der Waals surface area (Å²) in [6, 6.07) is 13.1. The van der Waals surface area contributed by atoms with Crippen molar-refractivity contribution in [1.29, 1.82) is 5.26 Å². The van der Waals surface area contributed by atoms with Gasteiger partial charge in [-0.2, -0.15) is 23.5 Å². The summed E-state index contributed by atoms with van der Waals surface area (Å²) in [6.07, 6.45) is -1.76. The van der Waals surface area contributed by atoms with Gasteiger partial charge in [0.2, 0.25) is 5.91 Å². The van der Waals surface area contributed by atoms with Crippen LogP contribution in [0.3, 0.4) is 0 Å². The molecule has 0 saturated heterocycles. The molecule has 2 unspecified atom stereocenters. The summed E-state index contributed by atoms with van der Waals surface area (Å²) in [6.45, 7) is 0.377. The maximum absolute atomic E-state index is 13.2. The smallest absolute Gasteiger partial charge is 0.422 e. The van der Waals surface area contributed by atoms with E-state index in [1.54, 1.807) is 37.3 Å². The van der Waals surface area contributed by atoms with Crippen LogP contribution in [0.15, 0.2) is 42.5 Å². The van der Waals surface area contributed by atoms with E-state index in [0.717, 1.165) is 5.56 Å². The summed E-state index contributed by atoms with van der Waals surface area (Å²) in [7, 11) is -1.40. The quantitative estimate of drug-likeness (QED) is 0.403. The van der Waals surface area contributed by atoms with Crippen LogP contribution in [0.5, 0.6) is 5.75 Å². The number of anilines is 1. The van der Waals surface area contributed by atoms with E-state index in [2.05, 4.69) is 21.8 Å². The topological polar surface area (TPSA) is 126 Å². The molecule has 0 radical (unpaired) electrons. The molecule has 0 spiro atoms. The van der Waals surface area contributed by atoms with E-state index in [0.29, 0.717) is 41.8 Å². The monoisotopic (exact) mass is 573 g/mol. The number of ether oxygens (including phenoxy) is 1. The lowest BCUT2D eigenvalue weighted by molar-refractivity contribution is -0.153. The molecule has 13 heteroatoms. The highest BCUT2D eigenvalue weighted by atomic mass is 32.2. The summed E-state index contributed by atoms with van der Waals surface area (Å²) < 4.78 is 55.3. The number of nitrogens with one attached hydrogen (secondary N) is 2. The second kappa shape index (κ2) is 11.9. The van der Waals surface area contributed by atoms with Crippen LogP contribution in [-0.4, -0.2) is 56.6 Å². The molecule has 9 nitrogen and oxygen atoms in total. The molecule has 2 N–H and O–H groups in total. The Hall–Kier alpha value is -4.18. The molecule has 2 heterocycles. The number of aromatic nitrogens is 2. The SMILES string of the molecule is Cc1cc(-n2nc3c(c2NC(=O)CS(C)=O)C(=O)NC(CCc2cccc(OCC(F)(F)F)c2)C3)ccc1C#N. The van der Waals surface area contributed by atoms with Gasteiger partial charge in [-0.1, -0.05) is 12.1 Å². The van der Waals surface area contributed by atoms with Crippen molar-refractivity contribution >= 4 is 28.4 Å². The first kappa shape index (κ1) is 28.8. The number of carbonyl (C=O) groups is 2. The number of nitriles is 1. The summed E-state index contributed by atoms with van der Waals surface area (Å²) in [5.74, 6) is -1.01. The number of carbonyl (C=O) groups excluding carboxylic acids is 2. The van der Waals surface area contributed by atoms with Crippen molar-refractivity contribution in [2.24, 2.45) is 0 Å². The number of hydrogen-bond donors (Lipinski definition) is 2. The standard InChI is InChI=1S/C27H26F3N5O4S/c1-16-10-20(9-7-18(16)13-31)35-25(33-23(36)14-40(2)38)24-22(34-35)12-19(32-26(24)37)8-6-17-4-3-5-21(11-17)39-15-27(28,29)30/h3-5,7,9-11,19H,6,8,12,14-15H2,1-2H3,(H,32,37)(H,33,36). The number of nitrogens with zero attached hydrogens (tertiary/aromatic N) is 3. The number of hydrogen-bond acceptors (Lipinski definition) is 6.